The number of benzene rings is 2. The van der Waals surface area contributed by atoms with Crippen molar-refractivity contribution in [2.24, 2.45) is 0 Å². The number of hydrogen-bond acceptors (Lipinski definition) is 6. The van der Waals surface area contributed by atoms with E-state index < -0.39 is 6.23 Å². The summed E-state index contributed by atoms with van der Waals surface area (Å²) in [5.41, 5.74) is 2.92. The van der Waals surface area contributed by atoms with E-state index in [1.807, 2.05) is 54.6 Å². The Kier molecular flexibility index (Phi) is 5.76. The molecule has 0 saturated heterocycles. The maximum Gasteiger partial charge on any atom is 0.247 e. The lowest BCUT2D eigenvalue weighted by atomic mass is 10.1. The number of thioether (sulfide) groups is 1. The Morgan fingerprint density at radius 1 is 1.10 bits per heavy atom. The highest BCUT2D eigenvalue weighted by Gasteiger charge is 2.34. The Morgan fingerprint density at radius 2 is 1.86 bits per heavy atom. The predicted octanol–water partition coefficient (Wildman–Crippen LogP) is 4.87. The number of amides is 1. The summed E-state index contributed by atoms with van der Waals surface area (Å²) >= 11 is 1.56. The van der Waals surface area contributed by atoms with Crippen LogP contribution in [-0.2, 0) is 4.79 Å². The summed E-state index contributed by atoms with van der Waals surface area (Å²) in [5, 5.41) is 9.30. The molecular formula is C22H22N4O2S. The molecule has 0 unspecified atom stereocenters. The second-order valence-electron chi connectivity index (χ2n) is 6.74. The van der Waals surface area contributed by atoms with E-state index in [1.165, 1.54) is 6.92 Å². The topological polar surface area (TPSA) is 68.2 Å². The number of fused-ring (bicyclic) bond motifs is 3. The summed E-state index contributed by atoms with van der Waals surface area (Å²) in [7, 11) is 0. The van der Waals surface area contributed by atoms with Crippen LogP contribution in [0, 0.1) is 0 Å². The number of para-hydroxylation sites is 1. The van der Waals surface area contributed by atoms with Gasteiger partial charge in [0.05, 0.1) is 5.69 Å². The molecule has 1 aliphatic rings. The molecule has 4 rings (SSSR count). The van der Waals surface area contributed by atoms with Gasteiger partial charge in [-0.2, -0.15) is 4.98 Å². The maximum atomic E-state index is 12.7. The fourth-order valence-electron chi connectivity index (χ4n) is 3.26. The first-order chi connectivity index (χ1) is 14.2. The monoisotopic (exact) mass is 406 g/mol. The van der Waals surface area contributed by atoms with Gasteiger partial charge in [-0.25, -0.2) is 0 Å². The van der Waals surface area contributed by atoms with Crippen LogP contribution in [0.1, 0.15) is 38.5 Å². The molecule has 0 bridgehead atoms. The number of carbonyl (C=O) groups excluding carboxylic acids is 1. The highest BCUT2D eigenvalue weighted by molar-refractivity contribution is 7.99. The highest BCUT2D eigenvalue weighted by atomic mass is 32.2. The second kappa shape index (κ2) is 8.61. The summed E-state index contributed by atoms with van der Waals surface area (Å²) in [6.07, 6.45) is 1.56. The Balaban J connectivity index is 1.85. The Hall–Kier alpha value is -2.93. The number of nitrogens with zero attached hydrogens (tertiary/aromatic N) is 4. The van der Waals surface area contributed by atoms with Crippen LogP contribution in [0.5, 0.6) is 5.88 Å². The lowest BCUT2D eigenvalue weighted by molar-refractivity contribution is -0.118. The normalized spacial score (nSPS) is 15.1. The fraction of sp³-hybridized carbons (Fsp3) is 0.273. The molecule has 1 aliphatic heterocycles. The second-order valence-corrected chi connectivity index (χ2v) is 7.80. The van der Waals surface area contributed by atoms with Crippen molar-refractivity contribution in [2.75, 3.05) is 10.7 Å². The third-order valence-corrected chi connectivity index (χ3v) is 5.59. The molecule has 1 amide bonds. The first kappa shape index (κ1) is 19.4. The number of anilines is 1. The molecule has 0 fully saturated rings. The van der Waals surface area contributed by atoms with Crippen molar-refractivity contribution in [3.8, 4) is 17.1 Å². The average molecular weight is 407 g/mol. The van der Waals surface area contributed by atoms with Gasteiger partial charge >= 0.3 is 0 Å². The molecule has 0 spiro atoms. The van der Waals surface area contributed by atoms with Gasteiger partial charge in [-0.15, -0.1) is 10.2 Å². The van der Waals surface area contributed by atoms with Crippen molar-refractivity contribution < 1.29 is 9.53 Å². The smallest absolute Gasteiger partial charge is 0.247 e. The lowest BCUT2D eigenvalue weighted by Gasteiger charge is -2.29. The summed E-state index contributed by atoms with van der Waals surface area (Å²) in [4.78, 5) is 19.0. The van der Waals surface area contributed by atoms with Gasteiger partial charge in [-0.05, 0) is 12.5 Å². The van der Waals surface area contributed by atoms with Crippen molar-refractivity contribution in [3.05, 3.63) is 60.2 Å². The zero-order valence-electron chi connectivity index (χ0n) is 16.4. The number of unbranched alkanes of at least 4 members (excludes halogenated alkanes) is 1. The molecule has 2 aromatic carbocycles. The largest absolute Gasteiger partial charge is 0.447 e. The van der Waals surface area contributed by atoms with Crippen LogP contribution in [0.3, 0.4) is 0 Å². The highest BCUT2D eigenvalue weighted by Crippen LogP contribution is 2.43. The molecule has 2 heterocycles. The van der Waals surface area contributed by atoms with E-state index in [2.05, 4.69) is 22.1 Å². The fourth-order valence-corrected chi connectivity index (χ4v) is 4.12. The minimum absolute atomic E-state index is 0.121. The molecule has 6 nitrogen and oxygen atoms in total. The molecule has 1 aromatic heterocycles. The SMILES string of the molecule is CCCCSc1nnc2c(n1)O[C@H](c1ccccc1)N(C(C)=O)c1ccccc1-2. The summed E-state index contributed by atoms with van der Waals surface area (Å²) in [5.74, 6) is 1.20. The molecular weight excluding hydrogens is 384 g/mol. The van der Waals surface area contributed by atoms with Gasteiger partial charge in [0.25, 0.3) is 0 Å². The third-order valence-electron chi connectivity index (χ3n) is 4.66. The summed E-state index contributed by atoms with van der Waals surface area (Å²) in [6.45, 7) is 3.69. The van der Waals surface area contributed by atoms with Crippen LogP contribution in [0.4, 0.5) is 5.69 Å². The van der Waals surface area contributed by atoms with Crippen LogP contribution in [0.25, 0.3) is 11.3 Å². The van der Waals surface area contributed by atoms with Gasteiger partial charge in [0.2, 0.25) is 23.2 Å². The number of aromatic nitrogens is 3. The lowest BCUT2D eigenvalue weighted by Crippen LogP contribution is -2.36. The third kappa shape index (κ3) is 3.96. The maximum absolute atomic E-state index is 12.7. The van der Waals surface area contributed by atoms with Gasteiger partial charge < -0.3 is 4.74 Å². The van der Waals surface area contributed by atoms with E-state index in [-0.39, 0.29) is 5.91 Å². The van der Waals surface area contributed by atoms with E-state index in [0.29, 0.717) is 16.7 Å². The van der Waals surface area contributed by atoms with Crippen LogP contribution < -0.4 is 9.64 Å². The first-order valence-electron chi connectivity index (χ1n) is 9.67. The number of carbonyl (C=O) groups is 1. The first-order valence-corrected chi connectivity index (χ1v) is 10.7. The number of hydrogen-bond donors (Lipinski definition) is 0. The van der Waals surface area contributed by atoms with Crippen molar-refractivity contribution in [3.63, 3.8) is 0 Å². The van der Waals surface area contributed by atoms with Gasteiger partial charge in [-0.3, -0.25) is 9.69 Å². The van der Waals surface area contributed by atoms with Crippen LogP contribution in [0.2, 0.25) is 0 Å². The van der Waals surface area contributed by atoms with E-state index >= 15 is 0 Å². The molecule has 148 valence electrons. The van der Waals surface area contributed by atoms with E-state index in [0.717, 1.165) is 35.4 Å². The predicted molar refractivity (Wildman–Crippen MR) is 114 cm³/mol. The molecule has 0 saturated carbocycles. The van der Waals surface area contributed by atoms with Gasteiger partial charge in [-0.1, -0.05) is 73.6 Å². The van der Waals surface area contributed by atoms with Crippen molar-refractivity contribution in [1.82, 2.24) is 15.2 Å². The van der Waals surface area contributed by atoms with Crippen molar-refractivity contribution >= 4 is 23.4 Å². The van der Waals surface area contributed by atoms with Gasteiger partial charge in [0.15, 0.2) is 5.69 Å². The van der Waals surface area contributed by atoms with Crippen LogP contribution >= 0.6 is 11.8 Å². The molecule has 1 atom stereocenters. The molecule has 29 heavy (non-hydrogen) atoms. The molecule has 0 N–H and O–H groups in total. The standard InChI is InChI=1S/C22H22N4O2S/c1-3-4-14-29-22-23-20-19(24-25-22)17-12-8-9-13-18(17)26(15(2)27)21(28-20)16-10-6-5-7-11-16/h5-13,21H,3-4,14H2,1-2H3/t21-/m1/s1. The summed E-state index contributed by atoms with van der Waals surface area (Å²) in [6, 6.07) is 17.3. The Labute approximate surface area is 174 Å². The number of ether oxygens (including phenoxy) is 1. The Morgan fingerprint density at radius 3 is 2.62 bits per heavy atom. The zero-order valence-corrected chi connectivity index (χ0v) is 17.2. The quantitative estimate of drug-likeness (QED) is 0.445. The van der Waals surface area contributed by atoms with Crippen LogP contribution in [-0.4, -0.2) is 26.8 Å². The van der Waals surface area contributed by atoms with E-state index in [9.17, 15) is 4.79 Å². The van der Waals surface area contributed by atoms with Gasteiger partial charge in [0.1, 0.15) is 0 Å². The molecule has 0 radical (unpaired) electrons. The zero-order chi connectivity index (χ0) is 20.2. The Bertz CT molecular complexity index is 1010. The van der Waals surface area contributed by atoms with Gasteiger partial charge in [0, 0.05) is 23.8 Å². The van der Waals surface area contributed by atoms with E-state index in [1.54, 1.807) is 16.7 Å². The van der Waals surface area contributed by atoms with Crippen LogP contribution in [0.15, 0.2) is 59.8 Å². The molecule has 0 aliphatic carbocycles. The minimum atomic E-state index is -0.638. The molecule has 3 aromatic rings. The number of rotatable bonds is 5. The summed E-state index contributed by atoms with van der Waals surface area (Å²) < 4.78 is 6.32. The van der Waals surface area contributed by atoms with E-state index in [4.69, 9.17) is 4.74 Å². The van der Waals surface area contributed by atoms with Crippen molar-refractivity contribution in [2.45, 2.75) is 38.1 Å². The average Bonchev–Trinajstić information content (AvgIpc) is 2.89. The van der Waals surface area contributed by atoms with Crippen molar-refractivity contribution in [1.29, 1.82) is 0 Å². The molecule has 7 heteroatoms. The minimum Gasteiger partial charge on any atom is -0.447 e.